The Morgan fingerprint density at radius 1 is 0.885 bits per heavy atom. The third kappa shape index (κ3) is 4.52. The average molecular weight is 386 g/mol. The van der Waals surface area contributed by atoms with E-state index >= 15 is 0 Å². The van der Waals surface area contributed by atoms with Gasteiger partial charge in [0.15, 0.2) is 0 Å². The Labute approximate surface area is 159 Å². The number of hydrogen-bond acceptors (Lipinski definition) is 2. The van der Waals surface area contributed by atoms with Crippen LogP contribution in [-0.2, 0) is 16.4 Å². The summed E-state index contributed by atoms with van der Waals surface area (Å²) in [6, 6.07) is 23.4. The predicted octanol–water partition coefficient (Wildman–Crippen LogP) is 4.91. The zero-order valence-corrected chi connectivity index (χ0v) is 16.0. The molecule has 1 unspecified atom stereocenters. The van der Waals surface area contributed by atoms with Gasteiger partial charge in [-0.3, -0.25) is 0 Å². The summed E-state index contributed by atoms with van der Waals surface area (Å²) >= 11 is 6.35. The number of hydrogen-bond donors (Lipinski definition) is 1. The fraction of sp³-hybridized carbons (Fsp3) is 0.143. The van der Waals surface area contributed by atoms with E-state index in [-0.39, 0.29) is 4.90 Å². The molecule has 0 aliphatic carbocycles. The molecule has 3 aromatic carbocycles. The van der Waals surface area contributed by atoms with Crippen molar-refractivity contribution in [3.63, 3.8) is 0 Å². The van der Waals surface area contributed by atoms with Crippen LogP contribution in [0.4, 0.5) is 0 Å². The molecule has 0 heterocycles. The van der Waals surface area contributed by atoms with Crippen LogP contribution in [0, 0.1) is 6.92 Å². The van der Waals surface area contributed by atoms with Gasteiger partial charge in [0.1, 0.15) is 0 Å². The largest absolute Gasteiger partial charge is 0.241 e. The number of aryl methyl sites for hydroxylation is 1. The van der Waals surface area contributed by atoms with E-state index in [1.54, 1.807) is 30.3 Å². The first-order valence-corrected chi connectivity index (χ1v) is 10.2. The Hall–Kier alpha value is -2.14. The molecule has 1 N–H and O–H groups in total. The Morgan fingerprint density at radius 3 is 2.15 bits per heavy atom. The third-order valence-electron chi connectivity index (χ3n) is 4.19. The normalized spacial score (nSPS) is 12.7. The molecule has 0 bridgehead atoms. The molecule has 0 saturated carbocycles. The quantitative estimate of drug-likeness (QED) is 0.655. The van der Waals surface area contributed by atoms with Crippen LogP contribution in [0.5, 0.6) is 0 Å². The van der Waals surface area contributed by atoms with Crippen molar-refractivity contribution in [2.75, 3.05) is 0 Å². The van der Waals surface area contributed by atoms with Crippen molar-refractivity contribution in [3.8, 4) is 0 Å². The standard InChI is InChI=1S/C21H20ClNO2S/c1-16-11-13-18(14-12-16)26(24,25)23-21(15-17-7-3-2-4-8-17)19-9-5-6-10-20(19)22/h2-14,21,23H,15H2,1H3. The van der Waals surface area contributed by atoms with Gasteiger partial charge >= 0.3 is 0 Å². The summed E-state index contributed by atoms with van der Waals surface area (Å²) in [4.78, 5) is 0.244. The molecule has 3 nitrogen and oxygen atoms in total. The summed E-state index contributed by atoms with van der Waals surface area (Å²) < 4.78 is 28.6. The van der Waals surface area contributed by atoms with E-state index < -0.39 is 16.1 Å². The van der Waals surface area contributed by atoms with Gasteiger partial charge in [0, 0.05) is 5.02 Å². The predicted molar refractivity (Wildman–Crippen MR) is 106 cm³/mol. The van der Waals surface area contributed by atoms with Crippen molar-refractivity contribution in [2.24, 2.45) is 0 Å². The maximum Gasteiger partial charge on any atom is 0.241 e. The van der Waals surface area contributed by atoms with Gasteiger partial charge in [-0.25, -0.2) is 13.1 Å². The van der Waals surface area contributed by atoms with Crippen molar-refractivity contribution in [1.82, 2.24) is 4.72 Å². The van der Waals surface area contributed by atoms with Crippen molar-refractivity contribution in [3.05, 3.63) is 101 Å². The summed E-state index contributed by atoms with van der Waals surface area (Å²) in [7, 11) is -3.67. The number of benzene rings is 3. The first kappa shape index (κ1) is 18.6. The van der Waals surface area contributed by atoms with Gasteiger partial charge in [-0.2, -0.15) is 0 Å². The smallest absolute Gasteiger partial charge is 0.207 e. The Bertz CT molecular complexity index is 970. The molecule has 3 aromatic rings. The molecule has 0 spiro atoms. The second-order valence-electron chi connectivity index (χ2n) is 6.20. The monoisotopic (exact) mass is 385 g/mol. The highest BCUT2D eigenvalue weighted by molar-refractivity contribution is 7.89. The lowest BCUT2D eigenvalue weighted by atomic mass is 10.00. The van der Waals surface area contributed by atoms with Gasteiger partial charge in [0.25, 0.3) is 0 Å². The zero-order chi connectivity index (χ0) is 18.6. The molecule has 0 aromatic heterocycles. The van der Waals surface area contributed by atoms with Crippen molar-refractivity contribution < 1.29 is 8.42 Å². The lowest BCUT2D eigenvalue weighted by Crippen LogP contribution is -2.30. The molecule has 5 heteroatoms. The number of sulfonamides is 1. The minimum absolute atomic E-state index is 0.244. The molecule has 0 amide bonds. The van der Waals surface area contributed by atoms with Crippen LogP contribution in [0.25, 0.3) is 0 Å². The SMILES string of the molecule is Cc1ccc(S(=O)(=O)NC(Cc2ccccc2)c2ccccc2Cl)cc1. The summed E-state index contributed by atoms with van der Waals surface area (Å²) in [5.41, 5.74) is 2.80. The fourth-order valence-electron chi connectivity index (χ4n) is 2.80. The van der Waals surface area contributed by atoms with E-state index in [0.29, 0.717) is 11.4 Å². The summed E-state index contributed by atoms with van der Waals surface area (Å²) in [6.07, 6.45) is 0.510. The summed E-state index contributed by atoms with van der Waals surface area (Å²) in [6.45, 7) is 1.92. The van der Waals surface area contributed by atoms with Crippen LogP contribution < -0.4 is 4.72 Å². The highest BCUT2D eigenvalue weighted by Gasteiger charge is 2.23. The minimum Gasteiger partial charge on any atom is -0.207 e. The van der Waals surface area contributed by atoms with E-state index in [9.17, 15) is 8.42 Å². The third-order valence-corrected chi connectivity index (χ3v) is 6.02. The maximum atomic E-state index is 12.9. The highest BCUT2D eigenvalue weighted by Crippen LogP contribution is 2.27. The van der Waals surface area contributed by atoms with Gasteiger partial charge < -0.3 is 0 Å². The first-order chi connectivity index (χ1) is 12.5. The Kier molecular flexibility index (Phi) is 5.77. The number of nitrogens with one attached hydrogen (secondary N) is 1. The summed E-state index contributed by atoms with van der Waals surface area (Å²) in [5.74, 6) is 0. The molecular formula is C21H20ClNO2S. The van der Waals surface area contributed by atoms with Gasteiger partial charge in [-0.1, -0.05) is 77.8 Å². The van der Waals surface area contributed by atoms with E-state index in [1.165, 1.54) is 0 Å². The number of halogens is 1. The van der Waals surface area contributed by atoms with E-state index in [2.05, 4.69) is 4.72 Å². The molecule has 0 radical (unpaired) electrons. The van der Waals surface area contributed by atoms with Gasteiger partial charge in [-0.15, -0.1) is 0 Å². The first-order valence-electron chi connectivity index (χ1n) is 8.33. The van der Waals surface area contributed by atoms with Crippen molar-refractivity contribution >= 4 is 21.6 Å². The average Bonchev–Trinajstić information content (AvgIpc) is 2.63. The molecule has 1 atom stereocenters. The Balaban J connectivity index is 1.95. The van der Waals surface area contributed by atoms with Gasteiger partial charge in [0.05, 0.1) is 10.9 Å². The van der Waals surface area contributed by atoms with Crippen molar-refractivity contribution in [2.45, 2.75) is 24.3 Å². The topological polar surface area (TPSA) is 46.2 Å². The molecule has 134 valence electrons. The maximum absolute atomic E-state index is 12.9. The summed E-state index contributed by atoms with van der Waals surface area (Å²) in [5, 5.41) is 0.542. The van der Waals surface area contributed by atoms with Crippen LogP contribution in [0.1, 0.15) is 22.7 Å². The second-order valence-corrected chi connectivity index (χ2v) is 8.32. The number of rotatable bonds is 6. The molecule has 0 aliphatic heterocycles. The van der Waals surface area contributed by atoms with Crippen LogP contribution in [0.2, 0.25) is 5.02 Å². The molecular weight excluding hydrogens is 366 g/mol. The van der Waals surface area contributed by atoms with Crippen LogP contribution in [-0.4, -0.2) is 8.42 Å². The minimum atomic E-state index is -3.67. The zero-order valence-electron chi connectivity index (χ0n) is 14.4. The highest BCUT2D eigenvalue weighted by atomic mass is 35.5. The molecule has 3 rings (SSSR count). The Morgan fingerprint density at radius 2 is 1.50 bits per heavy atom. The molecule has 0 fully saturated rings. The lowest BCUT2D eigenvalue weighted by molar-refractivity contribution is 0.555. The van der Waals surface area contributed by atoms with Gasteiger partial charge in [-0.05, 0) is 42.7 Å². The van der Waals surface area contributed by atoms with E-state index in [4.69, 9.17) is 11.6 Å². The molecule has 26 heavy (non-hydrogen) atoms. The van der Waals surface area contributed by atoms with E-state index in [0.717, 1.165) is 16.7 Å². The van der Waals surface area contributed by atoms with Crippen LogP contribution in [0.15, 0.2) is 83.8 Å². The fourth-order valence-corrected chi connectivity index (χ4v) is 4.28. The van der Waals surface area contributed by atoms with Gasteiger partial charge in [0.2, 0.25) is 10.0 Å². The van der Waals surface area contributed by atoms with Crippen molar-refractivity contribution in [1.29, 1.82) is 0 Å². The molecule has 0 aliphatic rings. The van der Waals surface area contributed by atoms with Crippen LogP contribution >= 0.6 is 11.6 Å². The molecule has 0 saturated heterocycles. The lowest BCUT2D eigenvalue weighted by Gasteiger charge is -2.21. The second kappa shape index (κ2) is 8.04. The van der Waals surface area contributed by atoms with Crippen LogP contribution in [0.3, 0.4) is 0 Å². The van der Waals surface area contributed by atoms with E-state index in [1.807, 2.05) is 55.5 Å².